The molecular formula is C16H18N4O2. The number of carbonyl (C=O) groups is 2. The van der Waals surface area contributed by atoms with E-state index in [0.29, 0.717) is 5.82 Å². The number of hydrogen-bond acceptors (Lipinski definition) is 3. The van der Waals surface area contributed by atoms with Crippen molar-refractivity contribution >= 4 is 22.8 Å². The summed E-state index contributed by atoms with van der Waals surface area (Å²) in [6.07, 6.45) is 2.71. The number of aromatic nitrogens is 2. The van der Waals surface area contributed by atoms with Crippen LogP contribution in [0.2, 0.25) is 0 Å². The van der Waals surface area contributed by atoms with Crippen LogP contribution in [0.4, 0.5) is 0 Å². The molecule has 0 saturated heterocycles. The van der Waals surface area contributed by atoms with Crippen molar-refractivity contribution in [2.75, 3.05) is 0 Å². The van der Waals surface area contributed by atoms with Crippen molar-refractivity contribution in [3.05, 3.63) is 42.2 Å². The normalized spacial score (nSPS) is 20.2. The quantitative estimate of drug-likeness (QED) is 0.746. The molecule has 0 atom stereocenters. The Kier molecular flexibility index (Phi) is 3.66. The van der Waals surface area contributed by atoms with Gasteiger partial charge >= 0.3 is 0 Å². The van der Waals surface area contributed by atoms with Gasteiger partial charge in [0.1, 0.15) is 0 Å². The van der Waals surface area contributed by atoms with Gasteiger partial charge in [-0.2, -0.15) is 0 Å². The number of nitrogens with one attached hydrogen (secondary N) is 3. The van der Waals surface area contributed by atoms with Crippen LogP contribution >= 0.6 is 0 Å². The fraction of sp³-hybridized carbons (Fsp3) is 0.312. The highest BCUT2D eigenvalue weighted by Gasteiger charge is 2.31. The van der Waals surface area contributed by atoms with Crippen LogP contribution in [-0.2, 0) is 4.79 Å². The molecule has 22 heavy (non-hydrogen) atoms. The molecular weight excluding hydrogens is 280 g/mol. The number of carbonyl (C=O) groups excluding carboxylic acids is 2. The van der Waals surface area contributed by atoms with Gasteiger partial charge in [0.25, 0.3) is 5.91 Å². The minimum absolute atomic E-state index is 0.0666. The van der Waals surface area contributed by atoms with Gasteiger partial charge in [-0.3, -0.25) is 9.59 Å². The van der Waals surface area contributed by atoms with E-state index >= 15 is 0 Å². The topological polar surface area (TPSA) is 86.9 Å². The molecule has 6 heteroatoms. The van der Waals surface area contributed by atoms with E-state index in [4.69, 9.17) is 0 Å². The summed E-state index contributed by atoms with van der Waals surface area (Å²) in [4.78, 5) is 30.8. The van der Waals surface area contributed by atoms with E-state index in [1.54, 1.807) is 0 Å². The molecule has 0 spiro atoms. The molecule has 3 rings (SSSR count). The van der Waals surface area contributed by atoms with Gasteiger partial charge in [-0.05, 0) is 37.5 Å². The van der Waals surface area contributed by atoms with Crippen LogP contribution in [-0.4, -0.2) is 33.9 Å². The van der Waals surface area contributed by atoms with E-state index < -0.39 is 0 Å². The number of amides is 2. The van der Waals surface area contributed by atoms with Crippen LogP contribution in [0.5, 0.6) is 0 Å². The first kappa shape index (κ1) is 14.3. The first-order chi connectivity index (χ1) is 10.6. The number of imidazole rings is 1. The number of aromatic amines is 1. The molecule has 0 bridgehead atoms. The van der Waals surface area contributed by atoms with Gasteiger partial charge in [0, 0.05) is 12.1 Å². The zero-order valence-corrected chi connectivity index (χ0v) is 12.3. The summed E-state index contributed by atoms with van der Waals surface area (Å²) in [6, 6.07) is 5.96. The van der Waals surface area contributed by atoms with Gasteiger partial charge in [0.05, 0.1) is 11.0 Å². The van der Waals surface area contributed by atoms with Gasteiger partial charge in [0.2, 0.25) is 5.91 Å². The lowest BCUT2D eigenvalue weighted by atomic mass is 9.86. The van der Waals surface area contributed by atoms with Crippen LogP contribution in [0.15, 0.2) is 30.9 Å². The van der Waals surface area contributed by atoms with E-state index in [2.05, 4.69) is 27.2 Å². The lowest BCUT2D eigenvalue weighted by molar-refractivity contribution is -0.117. The highest BCUT2D eigenvalue weighted by Crippen LogP contribution is 2.21. The van der Waals surface area contributed by atoms with Gasteiger partial charge < -0.3 is 15.6 Å². The lowest BCUT2D eigenvalue weighted by Gasteiger charge is -2.35. The van der Waals surface area contributed by atoms with E-state index in [0.717, 1.165) is 29.4 Å². The Labute approximate surface area is 128 Å². The zero-order valence-electron chi connectivity index (χ0n) is 12.3. The minimum Gasteiger partial charge on any atom is -0.350 e. The first-order valence-corrected chi connectivity index (χ1v) is 7.26. The Morgan fingerprint density at radius 1 is 1.32 bits per heavy atom. The number of para-hydroxylation sites is 1. The first-order valence-electron chi connectivity index (χ1n) is 7.26. The van der Waals surface area contributed by atoms with E-state index in [9.17, 15) is 9.59 Å². The fourth-order valence-corrected chi connectivity index (χ4v) is 2.65. The number of benzene rings is 1. The molecule has 1 aromatic heterocycles. The van der Waals surface area contributed by atoms with Gasteiger partial charge in [-0.1, -0.05) is 18.7 Å². The van der Waals surface area contributed by atoms with Crippen LogP contribution in [0.3, 0.4) is 0 Å². The van der Waals surface area contributed by atoms with Crippen LogP contribution in [0, 0.1) is 6.92 Å². The molecule has 1 aliphatic carbocycles. The fourth-order valence-electron chi connectivity index (χ4n) is 2.65. The summed E-state index contributed by atoms with van der Waals surface area (Å²) in [5, 5.41) is 5.73. The largest absolute Gasteiger partial charge is 0.350 e. The third-order valence-electron chi connectivity index (χ3n) is 3.93. The molecule has 3 N–H and O–H groups in total. The second-order valence-corrected chi connectivity index (χ2v) is 5.61. The number of nitrogens with zero attached hydrogens (tertiary/aromatic N) is 1. The summed E-state index contributed by atoms with van der Waals surface area (Å²) < 4.78 is 0. The SMILES string of the molecule is C=CC(=O)NC1CC(NC(=O)c2nc3c(C)cccc3[nH]2)C1. The summed E-state index contributed by atoms with van der Waals surface area (Å²) in [6.45, 7) is 5.37. The molecule has 1 aromatic carbocycles. The number of hydrogen-bond donors (Lipinski definition) is 3. The molecule has 0 aliphatic heterocycles. The molecule has 2 amide bonds. The molecule has 1 heterocycles. The molecule has 0 unspecified atom stereocenters. The average Bonchev–Trinajstić information content (AvgIpc) is 2.90. The van der Waals surface area contributed by atoms with Gasteiger partial charge in [-0.25, -0.2) is 4.98 Å². The minimum atomic E-state index is -0.214. The van der Waals surface area contributed by atoms with E-state index in [-0.39, 0.29) is 23.9 Å². The Morgan fingerprint density at radius 2 is 2.05 bits per heavy atom. The van der Waals surface area contributed by atoms with Gasteiger partial charge in [-0.15, -0.1) is 0 Å². The molecule has 1 aliphatic rings. The highest BCUT2D eigenvalue weighted by atomic mass is 16.2. The maximum atomic E-state index is 12.2. The van der Waals surface area contributed by atoms with Crippen molar-refractivity contribution in [3.63, 3.8) is 0 Å². The maximum Gasteiger partial charge on any atom is 0.287 e. The predicted octanol–water partition coefficient (Wildman–Crippen LogP) is 1.43. The highest BCUT2D eigenvalue weighted by molar-refractivity contribution is 5.95. The number of H-pyrrole nitrogens is 1. The van der Waals surface area contributed by atoms with E-state index in [1.807, 2.05) is 25.1 Å². The Hall–Kier alpha value is -2.63. The summed E-state index contributed by atoms with van der Waals surface area (Å²) in [5.41, 5.74) is 2.70. The number of rotatable bonds is 4. The molecule has 114 valence electrons. The second kappa shape index (κ2) is 5.63. The van der Waals surface area contributed by atoms with Crippen molar-refractivity contribution in [2.24, 2.45) is 0 Å². The van der Waals surface area contributed by atoms with Crippen LogP contribution in [0.25, 0.3) is 11.0 Å². The Balaban J connectivity index is 1.59. The zero-order chi connectivity index (χ0) is 15.7. The van der Waals surface area contributed by atoms with E-state index in [1.165, 1.54) is 6.08 Å². The summed E-state index contributed by atoms with van der Waals surface area (Å²) in [7, 11) is 0. The Morgan fingerprint density at radius 3 is 2.73 bits per heavy atom. The van der Waals surface area contributed by atoms with Crippen molar-refractivity contribution in [1.82, 2.24) is 20.6 Å². The molecule has 2 aromatic rings. The summed E-state index contributed by atoms with van der Waals surface area (Å²) >= 11 is 0. The molecule has 1 saturated carbocycles. The van der Waals surface area contributed by atoms with Crippen molar-refractivity contribution < 1.29 is 9.59 Å². The third-order valence-corrected chi connectivity index (χ3v) is 3.93. The Bertz CT molecular complexity index is 744. The smallest absolute Gasteiger partial charge is 0.287 e. The summed E-state index contributed by atoms with van der Waals surface area (Å²) in [5.74, 6) is -0.0699. The predicted molar refractivity (Wildman–Crippen MR) is 83.4 cm³/mol. The number of fused-ring (bicyclic) bond motifs is 1. The van der Waals surface area contributed by atoms with Crippen LogP contribution in [0.1, 0.15) is 29.0 Å². The third kappa shape index (κ3) is 2.72. The monoisotopic (exact) mass is 298 g/mol. The van der Waals surface area contributed by atoms with Crippen molar-refractivity contribution in [1.29, 1.82) is 0 Å². The second-order valence-electron chi connectivity index (χ2n) is 5.61. The van der Waals surface area contributed by atoms with Crippen LogP contribution < -0.4 is 10.6 Å². The van der Waals surface area contributed by atoms with Crippen molar-refractivity contribution in [2.45, 2.75) is 31.8 Å². The van der Waals surface area contributed by atoms with Gasteiger partial charge in [0.15, 0.2) is 5.82 Å². The number of aryl methyl sites for hydroxylation is 1. The average molecular weight is 298 g/mol. The standard InChI is InChI=1S/C16H18N4O2/c1-3-13(21)17-10-7-11(8-10)18-16(22)15-19-12-6-4-5-9(2)14(12)20-15/h3-6,10-11H,1,7-8H2,2H3,(H,17,21)(H,18,22)(H,19,20). The molecule has 6 nitrogen and oxygen atoms in total. The lowest BCUT2D eigenvalue weighted by Crippen LogP contribution is -2.53. The molecule has 0 radical (unpaired) electrons. The maximum absolute atomic E-state index is 12.2. The van der Waals surface area contributed by atoms with Crippen molar-refractivity contribution in [3.8, 4) is 0 Å². The molecule has 1 fully saturated rings.